The average molecular weight is 94.2 g/mol. The van der Waals surface area contributed by atoms with E-state index in [9.17, 15) is 0 Å². The molecule has 1 saturated heterocycles. The maximum Gasteiger partial charge on any atom is 0.122 e. The normalized spacial score (nSPS) is 91.3. The van der Waals surface area contributed by atoms with E-state index in [1.165, 1.54) is 0 Å². The van der Waals surface area contributed by atoms with Crippen molar-refractivity contribution in [1.29, 1.82) is 0 Å². The van der Waals surface area contributed by atoms with Crippen molar-refractivity contribution in [3.05, 3.63) is 0 Å². The first-order valence-corrected chi connectivity index (χ1v) is 1.55. The lowest BCUT2D eigenvalue weighted by Crippen LogP contribution is -2.39. The summed E-state index contributed by atoms with van der Waals surface area (Å²) in [5.41, 5.74) is 0. The Labute approximate surface area is 49.3 Å². The molecule has 0 aromatic heterocycles. The smallest absolute Gasteiger partial charge is 0.122 e. The standard InChI is InChI=1S/C4H10N2/c1-2-6-4-3-5-1/h5-6H,1-4H2/i1D,2D,3D2,4D2/hD2. The third kappa shape index (κ3) is 0.954. The number of piperazine rings is 1. The van der Waals surface area contributed by atoms with Gasteiger partial charge in [-0.15, -0.1) is 0 Å². The Balaban J connectivity index is 3.10. The highest BCUT2D eigenvalue weighted by molar-refractivity contribution is 4.59. The third-order valence-corrected chi connectivity index (χ3v) is 0.395. The van der Waals surface area contributed by atoms with Crippen molar-refractivity contribution in [1.82, 2.24) is 10.6 Å². The fraction of sp³-hybridized carbons (Fsp3) is 1.00. The molecule has 0 saturated carbocycles. The second-order valence-electron chi connectivity index (χ2n) is 0.780. The molecule has 2 atom stereocenters. The van der Waals surface area contributed by atoms with Crippen LogP contribution in [0.15, 0.2) is 0 Å². The van der Waals surface area contributed by atoms with E-state index in [4.69, 9.17) is 11.0 Å². The van der Waals surface area contributed by atoms with Gasteiger partial charge in [0, 0.05) is 34.3 Å². The summed E-state index contributed by atoms with van der Waals surface area (Å²) in [5.74, 6) is 0. The van der Waals surface area contributed by atoms with Gasteiger partial charge in [-0.1, -0.05) is 0 Å². The monoisotopic (exact) mass is 94.1 g/mol. The van der Waals surface area contributed by atoms with Crippen molar-refractivity contribution < 1.29 is 11.0 Å². The summed E-state index contributed by atoms with van der Waals surface area (Å²) >= 11 is 0. The molecular weight excluding hydrogens is 76.1 g/mol. The third-order valence-electron chi connectivity index (χ3n) is 0.395. The van der Waals surface area contributed by atoms with Gasteiger partial charge in [0.1, 0.15) is 2.82 Å². The predicted molar refractivity (Wildman–Crippen MR) is 25.7 cm³/mol. The molecule has 1 fully saturated rings. The largest absolute Gasteiger partial charge is 0.314 e. The second kappa shape index (κ2) is 2.16. The Morgan fingerprint density at radius 2 is 1.83 bits per heavy atom. The van der Waals surface area contributed by atoms with Crippen LogP contribution in [0.5, 0.6) is 0 Å². The minimum atomic E-state index is -2.78. The van der Waals surface area contributed by atoms with E-state index in [0.29, 0.717) is 0 Å². The van der Waals surface area contributed by atoms with Gasteiger partial charge < -0.3 is 10.6 Å². The molecule has 0 spiro atoms. The molecule has 1 rings (SSSR count). The summed E-state index contributed by atoms with van der Waals surface area (Å²) in [7, 11) is 0. The zero-order chi connectivity index (χ0) is 11.3. The van der Waals surface area contributed by atoms with Crippen molar-refractivity contribution in [3.63, 3.8) is 0 Å². The molecule has 1 heterocycles. The van der Waals surface area contributed by atoms with Crippen LogP contribution in [0.25, 0.3) is 0 Å². The van der Waals surface area contributed by atoms with Gasteiger partial charge in [-0.25, -0.2) is 0 Å². The van der Waals surface area contributed by atoms with Crippen molar-refractivity contribution in [2.75, 3.05) is 26.0 Å². The quantitative estimate of drug-likeness (QED) is 0.410. The molecule has 0 aliphatic carbocycles. The molecule has 2 N–H and O–H groups in total. The van der Waals surface area contributed by atoms with E-state index < -0.39 is 26.0 Å². The van der Waals surface area contributed by atoms with Crippen LogP contribution < -0.4 is 10.6 Å². The molecule has 6 heavy (non-hydrogen) atoms. The minimum absolute atomic E-state index is 0.0791. The first-order valence-electron chi connectivity index (χ1n) is 5.60. The second-order valence-corrected chi connectivity index (χ2v) is 0.780. The molecular formula is C4H10N2. The molecule has 2 unspecified atom stereocenters. The zero-order valence-corrected chi connectivity index (χ0v) is 3.05. The number of nitrogens with one attached hydrogen (secondary N) is 2. The van der Waals surface area contributed by atoms with E-state index >= 15 is 0 Å². The lowest BCUT2D eigenvalue weighted by Gasteiger charge is -2.11. The van der Waals surface area contributed by atoms with E-state index in [-0.39, 0.29) is 10.6 Å². The maximum absolute atomic E-state index is 7.25. The van der Waals surface area contributed by atoms with Crippen LogP contribution in [-0.4, -0.2) is 26.0 Å². The molecule has 0 amide bonds. The van der Waals surface area contributed by atoms with Gasteiger partial charge >= 0.3 is 0 Å². The van der Waals surface area contributed by atoms with Crippen LogP contribution in [0.4, 0.5) is 0 Å². The fourth-order valence-corrected chi connectivity index (χ4v) is 0.199. The van der Waals surface area contributed by atoms with Gasteiger partial charge in [-0.05, 0) is 0 Å². The van der Waals surface area contributed by atoms with Crippen LogP contribution in [0.3, 0.4) is 0 Å². The summed E-state index contributed by atoms with van der Waals surface area (Å²) in [6.45, 7) is -8.77. The summed E-state index contributed by atoms with van der Waals surface area (Å²) in [5, 5.41) is 0.158. The van der Waals surface area contributed by atoms with Gasteiger partial charge in [0.25, 0.3) is 0 Å². The Bertz CT molecular complexity index is 207. The highest BCUT2D eigenvalue weighted by atomic mass is 15.0. The van der Waals surface area contributed by atoms with Crippen LogP contribution in [0.1, 0.15) is 8.22 Å². The Morgan fingerprint density at radius 1 is 1.33 bits per heavy atom. The Morgan fingerprint density at radius 3 is 2.33 bits per heavy atom. The highest BCUT2D eigenvalue weighted by Crippen LogP contribution is 1.65. The minimum Gasteiger partial charge on any atom is -0.314 e. The van der Waals surface area contributed by atoms with Crippen LogP contribution >= 0.6 is 0 Å². The van der Waals surface area contributed by atoms with Crippen LogP contribution in [-0.2, 0) is 0 Å². The summed E-state index contributed by atoms with van der Waals surface area (Å²) < 4.78 is 57.8. The summed E-state index contributed by atoms with van der Waals surface area (Å²) in [6.07, 6.45) is 0. The van der Waals surface area contributed by atoms with Crippen LogP contribution in [0, 0.1) is 0 Å². The Hall–Kier alpha value is -0.0800. The average Bonchev–Trinajstić information content (AvgIpc) is 2.10. The molecule has 1 aliphatic heterocycles. The molecule has 0 aromatic rings. The number of hydrogen-bond acceptors (Lipinski definition) is 2. The maximum atomic E-state index is 7.25. The summed E-state index contributed by atoms with van der Waals surface area (Å²) in [6, 6.07) is 0. The molecule has 1 aliphatic rings. The summed E-state index contributed by atoms with van der Waals surface area (Å²) in [4.78, 5) is 0. The fourth-order valence-electron chi connectivity index (χ4n) is 0.199. The topological polar surface area (TPSA) is 24.1 Å². The molecule has 0 radical (unpaired) electrons. The first-order chi connectivity index (χ1) is 6.14. The predicted octanol–water partition coefficient (Wildman–Crippen LogP) is -0.821. The lowest BCUT2D eigenvalue weighted by molar-refractivity contribution is 0.534. The van der Waals surface area contributed by atoms with E-state index in [0.717, 1.165) is 0 Å². The van der Waals surface area contributed by atoms with Gasteiger partial charge in [0.2, 0.25) is 0 Å². The van der Waals surface area contributed by atoms with Crippen LogP contribution in [0.2, 0.25) is 2.82 Å². The molecule has 2 nitrogen and oxygen atoms in total. The van der Waals surface area contributed by atoms with E-state index in [2.05, 4.69) is 0 Å². The lowest BCUT2D eigenvalue weighted by atomic mass is 10.4. The molecule has 0 aromatic carbocycles. The van der Waals surface area contributed by atoms with Gasteiger partial charge in [0.05, 0.1) is 0 Å². The molecule has 2 heteroatoms. The molecule has 0 bridgehead atoms. The highest BCUT2D eigenvalue weighted by Gasteiger charge is 1.91. The Kier molecular flexibility index (Phi) is 0.266. The first kappa shape index (κ1) is 0.740. The van der Waals surface area contributed by atoms with E-state index in [1.54, 1.807) is 0 Å². The SMILES string of the molecule is [2H]C1C([2H])N([2H])C([2H])([2H])C([2H])([2H])N1[2H]. The van der Waals surface area contributed by atoms with Gasteiger partial charge in [-0.2, -0.15) is 0 Å². The van der Waals surface area contributed by atoms with Crippen molar-refractivity contribution in [2.45, 2.75) is 0 Å². The van der Waals surface area contributed by atoms with Gasteiger partial charge in [0.15, 0.2) is 0 Å². The zero-order valence-electron chi connectivity index (χ0n) is 11.0. The van der Waals surface area contributed by atoms with Crippen molar-refractivity contribution in [3.8, 4) is 0 Å². The van der Waals surface area contributed by atoms with Crippen molar-refractivity contribution in [2.24, 2.45) is 0 Å². The van der Waals surface area contributed by atoms with Crippen molar-refractivity contribution >= 4 is 0 Å². The number of hydrogen-bond donors (Lipinski definition) is 2. The van der Waals surface area contributed by atoms with E-state index in [1.807, 2.05) is 0 Å². The molecule has 36 valence electrons. The van der Waals surface area contributed by atoms with Gasteiger partial charge in [-0.3, -0.25) is 0 Å². The number of rotatable bonds is 0.